The molecule has 4 rings (SSSR count). The van der Waals surface area contributed by atoms with E-state index in [0.29, 0.717) is 34.2 Å². The van der Waals surface area contributed by atoms with Crippen molar-refractivity contribution in [3.8, 4) is 23.0 Å². The number of likely N-dealkylation sites (tertiary alicyclic amines) is 1. The summed E-state index contributed by atoms with van der Waals surface area (Å²) in [5.74, 6) is 2.14. The standard InChI is InChI=1S/C34H44N4O5/c1-5-20-38-21-18-30(19-22-38)42-28-13-8-24(9-14-28)33(39)35-26-10-15-29(16-11-26)43-31-17-12-27(23-32(31)41-4)37-34(40)36-25(6-2)7-3/h8-17,23,25,30H,5-7,18-22H2,1-4H3,(H,35,39)(H2,36,37,40). The van der Waals surface area contributed by atoms with Gasteiger partial charge in [0, 0.05) is 42.1 Å². The molecule has 9 heteroatoms. The van der Waals surface area contributed by atoms with Crippen molar-refractivity contribution >= 4 is 23.3 Å². The number of carbonyl (C=O) groups is 2. The lowest BCUT2D eigenvalue weighted by molar-refractivity contribution is 0.100. The van der Waals surface area contributed by atoms with E-state index >= 15 is 0 Å². The summed E-state index contributed by atoms with van der Waals surface area (Å²) in [5.41, 5.74) is 1.79. The van der Waals surface area contributed by atoms with Gasteiger partial charge in [0.05, 0.1) is 7.11 Å². The predicted octanol–water partition coefficient (Wildman–Crippen LogP) is 7.30. The van der Waals surface area contributed by atoms with Gasteiger partial charge in [0.15, 0.2) is 11.5 Å². The van der Waals surface area contributed by atoms with Gasteiger partial charge < -0.3 is 35.1 Å². The fourth-order valence-corrected chi connectivity index (χ4v) is 5.06. The number of amides is 3. The van der Waals surface area contributed by atoms with Crippen LogP contribution in [-0.2, 0) is 0 Å². The molecule has 0 aliphatic carbocycles. The van der Waals surface area contributed by atoms with Crippen LogP contribution in [-0.4, -0.2) is 55.7 Å². The summed E-state index contributed by atoms with van der Waals surface area (Å²) < 4.78 is 17.7. The molecule has 0 unspecified atom stereocenters. The van der Waals surface area contributed by atoms with Crippen molar-refractivity contribution in [1.29, 1.82) is 0 Å². The Hall–Kier alpha value is -4.24. The van der Waals surface area contributed by atoms with E-state index in [2.05, 4.69) is 27.8 Å². The average Bonchev–Trinajstić information content (AvgIpc) is 3.03. The highest BCUT2D eigenvalue weighted by Crippen LogP contribution is 2.34. The lowest BCUT2D eigenvalue weighted by Gasteiger charge is -2.31. The van der Waals surface area contributed by atoms with Gasteiger partial charge in [-0.1, -0.05) is 20.8 Å². The van der Waals surface area contributed by atoms with E-state index in [1.807, 2.05) is 26.0 Å². The predicted molar refractivity (Wildman–Crippen MR) is 171 cm³/mol. The number of benzene rings is 3. The number of piperidine rings is 1. The Bertz CT molecular complexity index is 1320. The third-order valence-corrected chi connectivity index (χ3v) is 7.58. The highest BCUT2D eigenvalue weighted by Gasteiger charge is 2.20. The molecule has 0 bridgehead atoms. The Kier molecular flexibility index (Phi) is 11.7. The molecule has 43 heavy (non-hydrogen) atoms. The molecule has 0 radical (unpaired) electrons. The molecule has 1 aliphatic rings. The summed E-state index contributed by atoms with van der Waals surface area (Å²) in [6, 6.07) is 19.5. The third-order valence-electron chi connectivity index (χ3n) is 7.58. The maximum atomic E-state index is 12.8. The SMILES string of the molecule is CCCN1CCC(Oc2ccc(C(=O)Nc3ccc(Oc4ccc(NC(=O)NC(CC)CC)cc4OC)cc3)cc2)CC1. The number of ether oxygens (including phenoxy) is 3. The highest BCUT2D eigenvalue weighted by atomic mass is 16.5. The van der Waals surface area contributed by atoms with Crippen LogP contribution in [0.5, 0.6) is 23.0 Å². The van der Waals surface area contributed by atoms with Crippen LogP contribution >= 0.6 is 0 Å². The lowest BCUT2D eigenvalue weighted by Crippen LogP contribution is -2.38. The quantitative estimate of drug-likeness (QED) is 0.194. The van der Waals surface area contributed by atoms with Crippen molar-refractivity contribution in [2.45, 2.75) is 65.0 Å². The summed E-state index contributed by atoms with van der Waals surface area (Å²) in [6.07, 6.45) is 5.17. The first-order valence-corrected chi connectivity index (χ1v) is 15.2. The zero-order chi connectivity index (χ0) is 30.6. The van der Waals surface area contributed by atoms with E-state index in [-0.39, 0.29) is 24.1 Å². The van der Waals surface area contributed by atoms with Crippen LogP contribution in [0, 0.1) is 0 Å². The number of methoxy groups -OCH3 is 1. The van der Waals surface area contributed by atoms with Gasteiger partial charge in [-0.2, -0.15) is 0 Å². The van der Waals surface area contributed by atoms with Crippen LogP contribution in [0.25, 0.3) is 0 Å². The van der Waals surface area contributed by atoms with Crippen molar-refractivity contribution in [3.05, 3.63) is 72.3 Å². The summed E-state index contributed by atoms with van der Waals surface area (Å²) in [5, 5.41) is 8.71. The molecule has 3 amide bonds. The van der Waals surface area contributed by atoms with Gasteiger partial charge >= 0.3 is 6.03 Å². The van der Waals surface area contributed by atoms with E-state index in [9.17, 15) is 9.59 Å². The molecule has 0 atom stereocenters. The Morgan fingerprint density at radius 3 is 2.12 bits per heavy atom. The number of nitrogens with zero attached hydrogens (tertiary/aromatic N) is 1. The second-order valence-corrected chi connectivity index (χ2v) is 10.7. The second kappa shape index (κ2) is 15.8. The number of urea groups is 1. The van der Waals surface area contributed by atoms with E-state index < -0.39 is 0 Å². The first-order valence-electron chi connectivity index (χ1n) is 15.2. The summed E-state index contributed by atoms with van der Waals surface area (Å²) in [6.45, 7) is 9.57. The minimum atomic E-state index is -0.259. The van der Waals surface area contributed by atoms with Crippen molar-refractivity contribution in [2.24, 2.45) is 0 Å². The molecule has 9 nitrogen and oxygen atoms in total. The fraction of sp³-hybridized carbons (Fsp3) is 0.412. The van der Waals surface area contributed by atoms with Gasteiger partial charge in [0.2, 0.25) is 0 Å². The maximum Gasteiger partial charge on any atom is 0.319 e. The second-order valence-electron chi connectivity index (χ2n) is 10.7. The Morgan fingerprint density at radius 1 is 0.837 bits per heavy atom. The Balaban J connectivity index is 1.28. The molecule has 0 aromatic heterocycles. The van der Waals surface area contributed by atoms with Gasteiger partial charge in [-0.15, -0.1) is 0 Å². The zero-order valence-electron chi connectivity index (χ0n) is 25.7. The zero-order valence-corrected chi connectivity index (χ0v) is 25.7. The number of rotatable bonds is 13. The smallest absolute Gasteiger partial charge is 0.319 e. The van der Waals surface area contributed by atoms with E-state index in [1.165, 1.54) is 6.42 Å². The van der Waals surface area contributed by atoms with Crippen molar-refractivity contribution in [2.75, 3.05) is 37.4 Å². The largest absolute Gasteiger partial charge is 0.493 e. The number of anilines is 2. The summed E-state index contributed by atoms with van der Waals surface area (Å²) in [7, 11) is 1.55. The van der Waals surface area contributed by atoms with Crippen molar-refractivity contribution in [1.82, 2.24) is 10.2 Å². The van der Waals surface area contributed by atoms with Gasteiger partial charge in [-0.3, -0.25) is 4.79 Å². The van der Waals surface area contributed by atoms with E-state index in [4.69, 9.17) is 14.2 Å². The molecule has 0 saturated carbocycles. The fourth-order valence-electron chi connectivity index (χ4n) is 5.06. The molecule has 230 valence electrons. The van der Waals surface area contributed by atoms with Gasteiger partial charge in [-0.05, 0) is 99.3 Å². The Labute approximate surface area is 254 Å². The lowest BCUT2D eigenvalue weighted by atomic mass is 10.1. The van der Waals surface area contributed by atoms with Crippen LogP contribution in [0.4, 0.5) is 16.2 Å². The number of carbonyl (C=O) groups excluding carboxylic acids is 2. The van der Waals surface area contributed by atoms with E-state index in [0.717, 1.165) is 51.1 Å². The number of nitrogens with one attached hydrogen (secondary N) is 3. The average molecular weight is 589 g/mol. The topological polar surface area (TPSA) is 101 Å². The first-order chi connectivity index (χ1) is 20.9. The van der Waals surface area contributed by atoms with Gasteiger partial charge in [-0.25, -0.2) is 4.79 Å². The van der Waals surface area contributed by atoms with Crippen LogP contribution in [0.15, 0.2) is 66.7 Å². The van der Waals surface area contributed by atoms with Crippen molar-refractivity contribution in [3.63, 3.8) is 0 Å². The monoisotopic (exact) mass is 588 g/mol. The normalized spacial score (nSPS) is 13.8. The Morgan fingerprint density at radius 2 is 1.49 bits per heavy atom. The molecular weight excluding hydrogens is 544 g/mol. The number of hydrogen-bond acceptors (Lipinski definition) is 6. The van der Waals surface area contributed by atoms with Crippen LogP contribution in [0.1, 0.15) is 63.2 Å². The highest BCUT2D eigenvalue weighted by molar-refractivity contribution is 6.04. The minimum Gasteiger partial charge on any atom is -0.493 e. The number of hydrogen-bond donors (Lipinski definition) is 3. The minimum absolute atomic E-state index is 0.126. The molecule has 1 saturated heterocycles. The summed E-state index contributed by atoms with van der Waals surface area (Å²) >= 11 is 0. The third kappa shape index (κ3) is 9.38. The molecule has 1 aliphatic heterocycles. The maximum absolute atomic E-state index is 12.8. The van der Waals surface area contributed by atoms with Crippen molar-refractivity contribution < 1.29 is 23.8 Å². The van der Waals surface area contributed by atoms with Crippen LogP contribution < -0.4 is 30.2 Å². The molecule has 3 aromatic carbocycles. The molecule has 3 N–H and O–H groups in total. The molecule has 1 fully saturated rings. The first kappa shape index (κ1) is 31.7. The molecular formula is C34H44N4O5. The molecule has 0 spiro atoms. The summed E-state index contributed by atoms with van der Waals surface area (Å²) in [4.78, 5) is 27.6. The van der Waals surface area contributed by atoms with Gasteiger partial charge in [0.1, 0.15) is 17.6 Å². The van der Waals surface area contributed by atoms with Crippen LogP contribution in [0.3, 0.4) is 0 Å². The van der Waals surface area contributed by atoms with Crippen LogP contribution in [0.2, 0.25) is 0 Å². The molecule has 3 aromatic rings. The molecule has 1 heterocycles. The van der Waals surface area contributed by atoms with E-state index in [1.54, 1.807) is 61.7 Å². The van der Waals surface area contributed by atoms with Gasteiger partial charge in [0.25, 0.3) is 5.91 Å².